The van der Waals surface area contributed by atoms with Gasteiger partial charge in [-0.15, -0.1) is 0 Å². The lowest BCUT2D eigenvalue weighted by molar-refractivity contribution is 0.570. The second-order valence-corrected chi connectivity index (χ2v) is 5.06. The summed E-state index contributed by atoms with van der Waals surface area (Å²) in [4.78, 5) is 4.18. The van der Waals surface area contributed by atoms with E-state index in [-0.39, 0.29) is 5.82 Å². The van der Waals surface area contributed by atoms with Crippen LogP contribution in [-0.2, 0) is 13.1 Å². The normalized spacial score (nSPS) is 11.5. The molecule has 1 heterocycles. The predicted octanol–water partition coefficient (Wildman–Crippen LogP) is 2.09. The van der Waals surface area contributed by atoms with Gasteiger partial charge in [0.2, 0.25) is 0 Å². The maximum Gasteiger partial charge on any atom is 0.191 e. The molecule has 1 aromatic heterocycles. The molecule has 118 valence electrons. The first kappa shape index (κ1) is 16.0. The summed E-state index contributed by atoms with van der Waals surface area (Å²) in [6.07, 6.45) is 4.68. The molecule has 0 amide bonds. The molecule has 0 aliphatic heterocycles. The van der Waals surface area contributed by atoms with Gasteiger partial charge in [0.05, 0.1) is 0 Å². The van der Waals surface area contributed by atoms with E-state index in [1.165, 1.54) is 6.07 Å². The van der Waals surface area contributed by atoms with E-state index in [0.29, 0.717) is 12.1 Å². The molecule has 2 aromatic rings. The molecule has 0 bridgehead atoms. The number of hydrogen-bond acceptors (Lipinski definition) is 2. The van der Waals surface area contributed by atoms with Crippen LogP contribution in [0.4, 0.5) is 4.39 Å². The smallest absolute Gasteiger partial charge is 0.191 e. The lowest BCUT2D eigenvalue weighted by atomic mass is 10.1. The Balaban J connectivity index is 1.71. The molecule has 0 fully saturated rings. The van der Waals surface area contributed by atoms with Gasteiger partial charge in [-0.2, -0.15) is 5.10 Å². The van der Waals surface area contributed by atoms with Crippen molar-refractivity contribution in [1.82, 2.24) is 20.4 Å². The molecule has 0 saturated carbocycles. The third-order valence-corrected chi connectivity index (χ3v) is 3.32. The van der Waals surface area contributed by atoms with Crippen molar-refractivity contribution in [2.75, 3.05) is 13.6 Å². The third-order valence-electron chi connectivity index (χ3n) is 3.32. The Morgan fingerprint density at radius 3 is 2.91 bits per heavy atom. The number of guanidine groups is 1. The third kappa shape index (κ3) is 4.87. The van der Waals surface area contributed by atoms with Gasteiger partial charge in [-0.1, -0.05) is 12.1 Å². The van der Waals surface area contributed by atoms with E-state index in [1.807, 2.05) is 23.0 Å². The van der Waals surface area contributed by atoms with E-state index in [9.17, 15) is 4.39 Å². The number of hydrogen-bond donors (Lipinski definition) is 2. The van der Waals surface area contributed by atoms with Gasteiger partial charge in [0, 0.05) is 39.1 Å². The van der Waals surface area contributed by atoms with Gasteiger partial charge in [0.15, 0.2) is 5.96 Å². The van der Waals surface area contributed by atoms with Crippen molar-refractivity contribution >= 4 is 5.96 Å². The van der Waals surface area contributed by atoms with Gasteiger partial charge in [0.1, 0.15) is 5.82 Å². The molecule has 0 aliphatic carbocycles. The average Bonchev–Trinajstić information content (AvgIpc) is 3.03. The number of rotatable bonds is 6. The molecule has 0 saturated heterocycles. The van der Waals surface area contributed by atoms with Crippen LogP contribution in [0.15, 0.2) is 41.7 Å². The zero-order valence-electron chi connectivity index (χ0n) is 13.0. The van der Waals surface area contributed by atoms with Gasteiger partial charge in [-0.25, -0.2) is 4.39 Å². The molecule has 0 spiro atoms. The van der Waals surface area contributed by atoms with Crippen molar-refractivity contribution in [3.63, 3.8) is 0 Å². The van der Waals surface area contributed by atoms with Crippen LogP contribution in [0, 0.1) is 12.7 Å². The number of aryl methyl sites for hydroxylation is 2. The number of halogens is 1. The van der Waals surface area contributed by atoms with Crippen molar-refractivity contribution in [2.24, 2.45) is 4.99 Å². The van der Waals surface area contributed by atoms with Crippen LogP contribution in [0.5, 0.6) is 0 Å². The number of nitrogens with zero attached hydrogens (tertiary/aromatic N) is 3. The van der Waals surface area contributed by atoms with E-state index in [4.69, 9.17) is 0 Å². The van der Waals surface area contributed by atoms with Crippen molar-refractivity contribution in [3.05, 3.63) is 53.6 Å². The van der Waals surface area contributed by atoms with Gasteiger partial charge in [-0.05, 0) is 36.6 Å². The fraction of sp³-hybridized carbons (Fsp3) is 0.375. The Morgan fingerprint density at radius 1 is 1.36 bits per heavy atom. The first-order valence-electron chi connectivity index (χ1n) is 7.36. The van der Waals surface area contributed by atoms with E-state index < -0.39 is 0 Å². The fourth-order valence-corrected chi connectivity index (χ4v) is 2.10. The highest BCUT2D eigenvalue weighted by molar-refractivity contribution is 5.79. The molecular weight excluding hydrogens is 281 g/mol. The molecule has 1 aromatic carbocycles. The molecule has 5 nitrogen and oxygen atoms in total. The number of aliphatic imine (C=N–C) groups is 1. The molecule has 22 heavy (non-hydrogen) atoms. The van der Waals surface area contributed by atoms with Crippen molar-refractivity contribution in [1.29, 1.82) is 0 Å². The quantitative estimate of drug-likeness (QED) is 0.488. The van der Waals surface area contributed by atoms with Crippen molar-refractivity contribution in [2.45, 2.75) is 26.4 Å². The Morgan fingerprint density at radius 2 is 2.23 bits per heavy atom. The SMILES string of the molecule is CN=C(NCCCn1cccn1)NCc1ccc(F)c(C)c1. The summed E-state index contributed by atoms with van der Waals surface area (Å²) in [6.45, 7) is 4.05. The largest absolute Gasteiger partial charge is 0.356 e. The van der Waals surface area contributed by atoms with Crippen LogP contribution in [0.1, 0.15) is 17.5 Å². The Kier molecular flexibility index (Phi) is 5.94. The number of benzene rings is 1. The van der Waals surface area contributed by atoms with E-state index in [1.54, 1.807) is 26.2 Å². The minimum absolute atomic E-state index is 0.176. The van der Waals surface area contributed by atoms with E-state index >= 15 is 0 Å². The highest BCUT2D eigenvalue weighted by atomic mass is 19.1. The monoisotopic (exact) mass is 303 g/mol. The standard InChI is InChI=1S/C16H22FN5/c1-13-11-14(5-6-15(13)17)12-20-16(18-2)19-7-3-9-22-10-4-8-21-22/h4-6,8,10-11H,3,7,9,12H2,1-2H3,(H2,18,19,20). The molecule has 0 atom stereocenters. The minimum atomic E-state index is -0.176. The molecule has 6 heteroatoms. The summed E-state index contributed by atoms with van der Waals surface area (Å²) in [5.41, 5.74) is 1.68. The highest BCUT2D eigenvalue weighted by Crippen LogP contribution is 2.08. The van der Waals surface area contributed by atoms with Crippen molar-refractivity contribution in [3.8, 4) is 0 Å². The van der Waals surface area contributed by atoms with Crippen LogP contribution in [0.2, 0.25) is 0 Å². The summed E-state index contributed by atoms with van der Waals surface area (Å²) < 4.78 is 15.1. The molecule has 0 aliphatic rings. The Hall–Kier alpha value is -2.37. The molecular formula is C16H22FN5. The number of aromatic nitrogens is 2. The summed E-state index contributed by atoms with van der Waals surface area (Å²) in [5.74, 6) is 0.562. The summed E-state index contributed by atoms with van der Waals surface area (Å²) >= 11 is 0. The first-order chi connectivity index (χ1) is 10.7. The predicted molar refractivity (Wildman–Crippen MR) is 86.2 cm³/mol. The zero-order valence-corrected chi connectivity index (χ0v) is 13.0. The summed E-state index contributed by atoms with van der Waals surface area (Å²) in [5, 5.41) is 10.6. The maximum atomic E-state index is 13.2. The van der Waals surface area contributed by atoms with E-state index in [2.05, 4.69) is 20.7 Å². The molecule has 0 radical (unpaired) electrons. The fourth-order valence-electron chi connectivity index (χ4n) is 2.10. The van der Waals surface area contributed by atoms with Gasteiger partial charge >= 0.3 is 0 Å². The summed E-state index contributed by atoms with van der Waals surface area (Å²) in [7, 11) is 1.73. The van der Waals surface area contributed by atoms with Gasteiger partial charge in [-0.3, -0.25) is 9.67 Å². The van der Waals surface area contributed by atoms with Gasteiger partial charge in [0.25, 0.3) is 0 Å². The molecule has 2 N–H and O–H groups in total. The molecule has 0 unspecified atom stereocenters. The van der Waals surface area contributed by atoms with Crippen LogP contribution >= 0.6 is 0 Å². The zero-order chi connectivity index (χ0) is 15.8. The van der Waals surface area contributed by atoms with Crippen LogP contribution < -0.4 is 10.6 Å². The Bertz CT molecular complexity index is 607. The van der Waals surface area contributed by atoms with E-state index in [0.717, 1.165) is 31.0 Å². The van der Waals surface area contributed by atoms with Gasteiger partial charge < -0.3 is 10.6 Å². The second-order valence-electron chi connectivity index (χ2n) is 5.06. The number of nitrogens with one attached hydrogen (secondary N) is 2. The lowest BCUT2D eigenvalue weighted by Crippen LogP contribution is -2.37. The van der Waals surface area contributed by atoms with Crippen LogP contribution in [-0.4, -0.2) is 29.3 Å². The topological polar surface area (TPSA) is 54.2 Å². The Labute approximate surface area is 130 Å². The van der Waals surface area contributed by atoms with Crippen molar-refractivity contribution < 1.29 is 4.39 Å². The van der Waals surface area contributed by atoms with Crippen LogP contribution in [0.3, 0.4) is 0 Å². The van der Waals surface area contributed by atoms with Crippen LogP contribution in [0.25, 0.3) is 0 Å². The highest BCUT2D eigenvalue weighted by Gasteiger charge is 2.01. The average molecular weight is 303 g/mol. The summed E-state index contributed by atoms with van der Waals surface area (Å²) in [6, 6.07) is 7.03. The lowest BCUT2D eigenvalue weighted by Gasteiger charge is -2.12. The minimum Gasteiger partial charge on any atom is -0.356 e. The first-order valence-corrected chi connectivity index (χ1v) is 7.36. The maximum absolute atomic E-state index is 13.2. The molecule has 2 rings (SSSR count). The second kappa shape index (κ2) is 8.17.